The lowest BCUT2D eigenvalue weighted by molar-refractivity contribution is -0.137. The minimum absolute atomic E-state index is 0.0399. The van der Waals surface area contributed by atoms with Crippen molar-refractivity contribution in [2.75, 3.05) is 31.2 Å². The molecular formula is C33H30F4N4O3. The highest BCUT2D eigenvalue weighted by Gasteiger charge is 2.32. The Balaban J connectivity index is 1.51. The molecule has 7 nitrogen and oxygen atoms in total. The Morgan fingerprint density at radius 1 is 0.932 bits per heavy atom. The highest BCUT2D eigenvalue weighted by atomic mass is 19.4. The van der Waals surface area contributed by atoms with Crippen molar-refractivity contribution in [1.29, 1.82) is 0 Å². The summed E-state index contributed by atoms with van der Waals surface area (Å²) in [5.74, 6) is -0.255. The first kappa shape index (κ1) is 29.6. The van der Waals surface area contributed by atoms with Crippen LogP contribution in [0, 0.1) is 5.82 Å². The Morgan fingerprint density at radius 2 is 1.61 bits per heavy atom. The van der Waals surface area contributed by atoms with E-state index in [2.05, 4.69) is 10.1 Å². The monoisotopic (exact) mass is 606 g/mol. The van der Waals surface area contributed by atoms with E-state index in [1.807, 2.05) is 49.1 Å². The normalized spacial score (nSPS) is 15.1. The van der Waals surface area contributed by atoms with Crippen LogP contribution >= 0.6 is 0 Å². The fourth-order valence-corrected chi connectivity index (χ4v) is 5.56. The maximum Gasteiger partial charge on any atom is 0.416 e. The van der Waals surface area contributed by atoms with Gasteiger partial charge in [-0.15, -0.1) is 0 Å². The zero-order valence-electron chi connectivity index (χ0n) is 24.4. The lowest BCUT2D eigenvalue weighted by Crippen LogP contribution is -2.36. The Morgan fingerprint density at radius 3 is 2.27 bits per heavy atom. The van der Waals surface area contributed by atoms with Gasteiger partial charge in [0.1, 0.15) is 11.4 Å². The summed E-state index contributed by atoms with van der Waals surface area (Å²) in [7, 11) is 0. The molecular weight excluding hydrogens is 576 g/mol. The van der Waals surface area contributed by atoms with Crippen LogP contribution in [0.4, 0.5) is 23.2 Å². The number of aromatic nitrogens is 3. The molecule has 11 heteroatoms. The third-order valence-electron chi connectivity index (χ3n) is 8.30. The van der Waals surface area contributed by atoms with Crippen LogP contribution in [-0.4, -0.2) is 41.0 Å². The number of anilines is 1. The van der Waals surface area contributed by atoms with Crippen molar-refractivity contribution >= 4 is 16.6 Å². The predicted molar refractivity (Wildman–Crippen MR) is 158 cm³/mol. The van der Waals surface area contributed by atoms with Gasteiger partial charge in [-0.3, -0.25) is 4.79 Å². The van der Waals surface area contributed by atoms with Gasteiger partial charge in [-0.2, -0.15) is 18.2 Å². The van der Waals surface area contributed by atoms with Gasteiger partial charge < -0.3 is 18.7 Å². The minimum Gasteiger partial charge on any atom is -0.378 e. The van der Waals surface area contributed by atoms with E-state index in [0.29, 0.717) is 48.9 Å². The average molecular weight is 607 g/mol. The summed E-state index contributed by atoms with van der Waals surface area (Å²) >= 11 is 0. The number of benzene rings is 3. The molecule has 2 aromatic heterocycles. The van der Waals surface area contributed by atoms with E-state index in [4.69, 9.17) is 9.26 Å². The lowest BCUT2D eigenvalue weighted by atomic mass is 9.84. The molecule has 5 aromatic rings. The number of hydrogen-bond acceptors (Lipinski definition) is 6. The molecule has 1 aliphatic rings. The Bertz CT molecular complexity index is 1860. The molecule has 1 atom stereocenters. The van der Waals surface area contributed by atoms with Crippen LogP contribution in [0.25, 0.3) is 22.4 Å². The maximum atomic E-state index is 15.6. The predicted octanol–water partition coefficient (Wildman–Crippen LogP) is 6.98. The number of morpholine rings is 1. The van der Waals surface area contributed by atoms with Gasteiger partial charge in [0.2, 0.25) is 5.43 Å². The first-order chi connectivity index (χ1) is 20.9. The van der Waals surface area contributed by atoms with Crippen LogP contribution in [0.3, 0.4) is 0 Å². The molecule has 44 heavy (non-hydrogen) atoms. The van der Waals surface area contributed by atoms with E-state index in [1.165, 1.54) is 18.2 Å². The highest BCUT2D eigenvalue weighted by Crippen LogP contribution is 2.35. The maximum absolute atomic E-state index is 15.6. The van der Waals surface area contributed by atoms with Crippen LogP contribution in [0.2, 0.25) is 0 Å². The second-order valence-electron chi connectivity index (χ2n) is 11.4. The standard InChI is InChI=1S/C33H30F4N4O3/c1-20(21-9-11-23(12-10-21)33(35,36)37)41-19-25(30-38-31(39-44-30)32(2,3)22-7-5-4-6-8-22)29(42)24-17-26(34)28(18-27(24)41)40-13-15-43-16-14-40/h4-12,17-20H,13-16H2,1-3H3/t20-/m1/s1. The van der Waals surface area contributed by atoms with E-state index in [9.17, 15) is 18.0 Å². The van der Waals surface area contributed by atoms with Crippen LogP contribution in [0.5, 0.6) is 0 Å². The molecule has 228 valence electrons. The number of halogens is 4. The third-order valence-corrected chi connectivity index (χ3v) is 8.30. The number of nitrogens with zero attached hydrogens (tertiary/aromatic N) is 4. The van der Waals surface area contributed by atoms with E-state index in [0.717, 1.165) is 17.7 Å². The molecule has 1 saturated heterocycles. The number of pyridine rings is 1. The first-order valence-electron chi connectivity index (χ1n) is 14.2. The van der Waals surface area contributed by atoms with Crippen molar-refractivity contribution in [3.63, 3.8) is 0 Å². The average Bonchev–Trinajstić information content (AvgIpc) is 3.53. The molecule has 0 radical (unpaired) electrons. The van der Waals surface area contributed by atoms with Gasteiger partial charge in [-0.1, -0.05) is 47.6 Å². The smallest absolute Gasteiger partial charge is 0.378 e. The van der Waals surface area contributed by atoms with Gasteiger partial charge in [-0.25, -0.2) is 4.39 Å². The van der Waals surface area contributed by atoms with Crippen molar-refractivity contribution in [3.05, 3.63) is 111 Å². The fourth-order valence-electron chi connectivity index (χ4n) is 5.56. The third kappa shape index (κ3) is 5.36. The second kappa shape index (κ2) is 11.2. The Labute approximate surface area is 250 Å². The van der Waals surface area contributed by atoms with Crippen molar-refractivity contribution in [2.24, 2.45) is 0 Å². The SMILES string of the molecule is C[C@H](c1ccc(C(F)(F)F)cc1)n1cc(-c2nc(C(C)(C)c3ccccc3)no2)c(=O)c2cc(F)c(N3CCOCC3)cc21. The summed E-state index contributed by atoms with van der Waals surface area (Å²) in [4.78, 5) is 20.3. The molecule has 3 heterocycles. The van der Waals surface area contributed by atoms with Crippen LogP contribution < -0.4 is 10.3 Å². The van der Waals surface area contributed by atoms with Crippen LogP contribution in [0.15, 0.2) is 82.2 Å². The topological polar surface area (TPSA) is 73.4 Å². The van der Waals surface area contributed by atoms with Crippen molar-refractivity contribution in [3.8, 4) is 11.5 Å². The van der Waals surface area contributed by atoms with Crippen LogP contribution in [-0.2, 0) is 16.3 Å². The highest BCUT2D eigenvalue weighted by molar-refractivity contribution is 5.86. The summed E-state index contributed by atoms with van der Waals surface area (Å²) in [5.41, 5.74) is 0.359. The molecule has 0 N–H and O–H groups in total. The van der Waals surface area contributed by atoms with E-state index < -0.39 is 34.4 Å². The Hall–Kier alpha value is -4.51. The van der Waals surface area contributed by atoms with Gasteiger partial charge in [-0.05, 0) is 56.2 Å². The number of ether oxygens (including phenoxy) is 1. The molecule has 0 aliphatic carbocycles. The molecule has 0 unspecified atom stereocenters. The largest absolute Gasteiger partial charge is 0.416 e. The van der Waals surface area contributed by atoms with Crippen molar-refractivity contribution in [2.45, 2.75) is 38.4 Å². The molecule has 3 aromatic carbocycles. The van der Waals surface area contributed by atoms with Crippen molar-refractivity contribution < 1.29 is 26.8 Å². The molecule has 1 fully saturated rings. The zero-order valence-corrected chi connectivity index (χ0v) is 24.4. The minimum atomic E-state index is -4.48. The van der Waals surface area contributed by atoms with E-state index in [1.54, 1.807) is 23.8 Å². The van der Waals surface area contributed by atoms with Gasteiger partial charge in [0.15, 0.2) is 5.82 Å². The van der Waals surface area contributed by atoms with Crippen molar-refractivity contribution in [1.82, 2.24) is 14.7 Å². The first-order valence-corrected chi connectivity index (χ1v) is 14.2. The second-order valence-corrected chi connectivity index (χ2v) is 11.4. The number of fused-ring (bicyclic) bond motifs is 1. The summed E-state index contributed by atoms with van der Waals surface area (Å²) in [6.07, 6.45) is -2.92. The quantitative estimate of drug-likeness (QED) is 0.194. The number of alkyl halides is 3. The number of hydrogen-bond donors (Lipinski definition) is 0. The number of rotatable bonds is 6. The summed E-state index contributed by atoms with van der Waals surface area (Å²) < 4.78 is 68.2. The molecule has 0 amide bonds. The van der Waals surface area contributed by atoms with Gasteiger partial charge in [0.25, 0.3) is 5.89 Å². The van der Waals surface area contributed by atoms with Crippen LogP contribution in [0.1, 0.15) is 49.3 Å². The molecule has 0 bridgehead atoms. The zero-order chi connectivity index (χ0) is 31.2. The molecule has 0 saturated carbocycles. The Kier molecular flexibility index (Phi) is 7.53. The van der Waals surface area contributed by atoms with E-state index >= 15 is 4.39 Å². The summed E-state index contributed by atoms with van der Waals surface area (Å²) in [6, 6.07) is 16.7. The van der Waals surface area contributed by atoms with E-state index in [-0.39, 0.29) is 16.8 Å². The molecule has 6 rings (SSSR count). The molecule has 1 aliphatic heterocycles. The molecule has 0 spiro atoms. The fraction of sp³-hybridized carbons (Fsp3) is 0.303. The van der Waals surface area contributed by atoms with Gasteiger partial charge >= 0.3 is 6.18 Å². The summed E-state index contributed by atoms with van der Waals surface area (Å²) in [5, 5.41) is 4.27. The van der Waals surface area contributed by atoms with Gasteiger partial charge in [0.05, 0.1) is 41.4 Å². The lowest BCUT2D eigenvalue weighted by Gasteiger charge is -2.30. The summed E-state index contributed by atoms with van der Waals surface area (Å²) in [6.45, 7) is 7.48. The van der Waals surface area contributed by atoms with Gasteiger partial charge in [0, 0.05) is 24.7 Å².